The van der Waals surface area contributed by atoms with E-state index in [0.29, 0.717) is 0 Å². The molecule has 0 saturated carbocycles. The molecule has 0 saturated heterocycles. The van der Waals surface area contributed by atoms with Gasteiger partial charge in [-0.15, -0.1) is 0 Å². The Kier molecular flexibility index (Phi) is 2.72. The summed E-state index contributed by atoms with van der Waals surface area (Å²) in [4.78, 5) is 0. The highest BCUT2D eigenvalue weighted by Crippen LogP contribution is 2.36. The Balaban J connectivity index is 2.01. The minimum Gasteiger partial charge on any atom is -0.233 e. The summed E-state index contributed by atoms with van der Waals surface area (Å²) in [7, 11) is 2.14. The van der Waals surface area contributed by atoms with Crippen LogP contribution in [0.1, 0.15) is 11.1 Å². The van der Waals surface area contributed by atoms with E-state index in [-0.39, 0.29) is 0 Å². The SMILES string of the molecule is Cc1ccc2ccc3cc2c1-c1n(cc[n+]1C)Cc1ccccc1-3. The number of hydrogen-bond donors (Lipinski definition) is 0. The molecule has 0 unspecified atom stereocenters. The van der Waals surface area contributed by atoms with Gasteiger partial charge in [0.05, 0.1) is 12.6 Å². The summed E-state index contributed by atoms with van der Waals surface area (Å²) in [5, 5.41) is 2.63. The van der Waals surface area contributed by atoms with Crippen LogP contribution >= 0.6 is 0 Å². The second-order valence-electron chi connectivity index (χ2n) is 6.71. The van der Waals surface area contributed by atoms with Gasteiger partial charge in [0.1, 0.15) is 18.9 Å². The van der Waals surface area contributed by atoms with Crippen LogP contribution in [0, 0.1) is 6.92 Å². The monoisotopic (exact) mass is 311 g/mol. The third-order valence-corrected chi connectivity index (χ3v) is 5.20. The second-order valence-corrected chi connectivity index (χ2v) is 6.71. The molecule has 1 aromatic heterocycles. The average Bonchev–Trinajstić information content (AvgIpc) is 2.96. The molecule has 4 aromatic rings. The van der Waals surface area contributed by atoms with Crippen molar-refractivity contribution in [3.05, 3.63) is 78.1 Å². The van der Waals surface area contributed by atoms with E-state index in [1.165, 1.54) is 44.4 Å². The number of aromatic nitrogens is 2. The molecule has 0 N–H and O–H groups in total. The molecule has 5 rings (SSSR count). The van der Waals surface area contributed by atoms with Crippen LogP contribution in [0.4, 0.5) is 0 Å². The molecule has 2 heteroatoms. The van der Waals surface area contributed by atoms with E-state index in [4.69, 9.17) is 0 Å². The summed E-state index contributed by atoms with van der Waals surface area (Å²) in [5.41, 5.74) is 6.66. The Morgan fingerprint density at radius 2 is 1.83 bits per heavy atom. The maximum absolute atomic E-state index is 2.37. The Labute approximate surface area is 141 Å². The number of hydrogen-bond acceptors (Lipinski definition) is 0. The fourth-order valence-corrected chi connectivity index (χ4v) is 3.99. The quantitative estimate of drug-likeness (QED) is 0.373. The van der Waals surface area contributed by atoms with Crippen molar-refractivity contribution in [3.63, 3.8) is 0 Å². The molecule has 0 atom stereocenters. The summed E-state index contributed by atoms with van der Waals surface area (Å²) in [6.45, 7) is 3.10. The minimum atomic E-state index is 0.890. The van der Waals surface area contributed by atoms with Gasteiger partial charge in [0.25, 0.3) is 5.82 Å². The molecule has 3 aromatic carbocycles. The van der Waals surface area contributed by atoms with E-state index < -0.39 is 0 Å². The zero-order valence-corrected chi connectivity index (χ0v) is 14.0. The molecule has 0 amide bonds. The van der Waals surface area contributed by atoms with Gasteiger partial charge in [0.2, 0.25) is 0 Å². The zero-order chi connectivity index (χ0) is 16.3. The molecule has 0 aliphatic carbocycles. The van der Waals surface area contributed by atoms with Gasteiger partial charge in [-0.25, -0.2) is 9.13 Å². The molecule has 24 heavy (non-hydrogen) atoms. The molecule has 0 fully saturated rings. The van der Waals surface area contributed by atoms with E-state index in [1.54, 1.807) is 0 Å². The van der Waals surface area contributed by atoms with Gasteiger partial charge in [-0.1, -0.05) is 48.5 Å². The predicted molar refractivity (Wildman–Crippen MR) is 97.8 cm³/mol. The van der Waals surface area contributed by atoms with Gasteiger partial charge in [-0.2, -0.15) is 0 Å². The summed E-state index contributed by atoms with van der Waals surface area (Å²) in [6.07, 6.45) is 4.35. The zero-order valence-electron chi connectivity index (χ0n) is 14.0. The lowest BCUT2D eigenvalue weighted by Gasteiger charge is -2.09. The number of imidazole rings is 1. The highest BCUT2D eigenvalue weighted by Gasteiger charge is 2.24. The third-order valence-electron chi connectivity index (χ3n) is 5.20. The largest absolute Gasteiger partial charge is 0.289 e. The molecular formula is C22H19N2+. The third kappa shape index (κ3) is 1.80. The fourth-order valence-electron chi connectivity index (χ4n) is 3.99. The highest BCUT2D eigenvalue weighted by atomic mass is 15.1. The molecule has 0 spiro atoms. The van der Waals surface area contributed by atoms with E-state index in [9.17, 15) is 0 Å². The number of benzene rings is 3. The smallest absolute Gasteiger partial charge is 0.233 e. The van der Waals surface area contributed by atoms with Crippen molar-refractivity contribution in [2.24, 2.45) is 7.05 Å². The van der Waals surface area contributed by atoms with Crippen LogP contribution in [0.5, 0.6) is 0 Å². The van der Waals surface area contributed by atoms with Gasteiger partial charge in [0.15, 0.2) is 0 Å². The summed E-state index contributed by atoms with van der Waals surface area (Å²) in [5.74, 6) is 1.27. The van der Waals surface area contributed by atoms with Crippen molar-refractivity contribution in [3.8, 4) is 22.5 Å². The van der Waals surface area contributed by atoms with Gasteiger partial charge in [-0.3, -0.25) is 0 Å². The lowest BCUT2D eigenvalue weighted by atomic mass is 9.94. The van der Waals surface area contributed by atoms with Gasteiger partial charge in [0, 0.05) is 5.56 Å². The predicted octanol–water partition coefficient (Wildman–Crippen LogP) is 4.47. The number of fused-ring (bicyclic) bond motifs is 5. The molecular weight excluding hydrogens is 292 g/mol. The summed E-state index contributed by atoms with van der Waals surface area (Å²) >= 11 is 0. The molecule has 2 nitrogen and oxygen atoms in total. The molecule has 2 bridgehead atoms. The van der Waals surface area contributed by atoms with E-state index >= 15 is 0 Å². The number of nitrogens with zero attached hydrogens (tertiary/aromatic N) is 2. The van der Waals surface area contributed by atoms with Crippen LogP contribution in [0.25, 0.3) is 33.3 Å². The van der Waals surface area contributed by atoms with Crippen molar-refractivity contribution < 1.29 is 4.57 Å². The first-order chi connectivity index (χ1) is 11.7. The number of aryl methyl sites for hydroxylation is 2. The first-order valence-corrected chi connectivity index (χ1v) is 8.39. The van der Waals surface area contributed by atoms with Crippen molar-refractivity contribution in [1.82, 2.24) is 4.57 Å². The van der Waals surface area contributed by atoms with Crippen molar-refractivity contribution in [1.29, 1.82) is 0 Å². The van der Waals surface area contributed by atoms with Crippen LogP contribution in [0.2, 0.25) is 0 Å². The number of rotatable bonds is 0. The Hall–Kier alpha value is -2.87. The molecule has 116 valence electrons. The normalized spacial score (nSPS) is 12.4. The Morgan fingerprint density at radius 1 is 1.00 bits per heavy atom. The average molecular weight is 311 g/mol. The van der Waals surface area contributed by atoms with E-state index in [2.05, 4.69) is 90.1 Å². The Morgan fingerprint density at radius 3 is 2.75 bits per heavy atom. The van der Waals surface area contributed by atoms with Crippen molar-refractivity contribution in [2.45, 2.75) is 13.5 Å². The maximum Gasteiger partial charge on any atom is 0.289 e. The molecule has 2 heterocycles. The van der Waals surface area contributed by atoms with Gasteiger partial charge in [-0.05, 0) is 40.5 Å². The van der Waals surface area contributed by atoms with Gasteiger partial charge < -0.3 is 0 Å². The minimum absolute atomic E-state index is 0.890. The molecule has 0 radical (unpaired) electrons. The van der Waals surface area contributed by atoms with Crippen molar-refractivity contribution >= 4 is 10.8 Å². The van der Waals surface area contributed by atoms with Crippen LogP contribution < -0.4 is 4.57 Å². The van der Waals surface area contributed by atoms with E-state index in [0.717, 1.165) is 6.54 Å². The van der Waals surface area contributed by atoms with Crippen molar-refractivity contribution in [2.75, 3.05) is 0 Å². The first kappa shape index (κ1) is 13.6. The first-order valence-electron chi connectivity index (χ1n) is 8.39. The second kappa shape index (κ2) is 4.81. The van der Waals surface area contributed by atoms with E-state index in [1.807, 2.05) is 0 Å². The van der Waals surface area contributed by atoms with Crippen LogP contribution in [-0.4, -0.2) is 4.57 Å². The fraction of sp³-hybridized carbons (Fsp3) is 0.136. The topological polar surface area (TPSA) is 8.81 Å². The lowest BCUT2D eigenvalue weighted by Crippen LogP contribution is -2.29. The highest BCUT2D eigenvalue weighted by molar-refractivity contribution is 5.99. The summed E-state index contributed by atoms with van der Waals surface area (Å²) < 4.78 is 4.61. The molecule has 1 aliphatic rings. The van der Waals surface area contributed by atoms with Gasteiger partial charge >= 0.3 is 0 Å². The maximum atomic E-state index is 2.37. The van der Waals surface area contributed by atoms with Crippen LogP contribution in [0.3, 0.4) is 0 Å². The van der Waals surface area contributed by atoms with Crippen LogP contribution in [-0.2, 0) is 13.6 Å². The van der Waals surface area contributed by atoms with Crippen LogP contribution in [0.15, 0.2) is 67.0 Å². The Bertz CT molecular complexity index is 1100. The standard InChI is InChI=1S/C22H19N2/c1-15-7-8-16-9-10-17-13-20(16)21(15)22-23(2)11-12-24(22)14-18-5-3-4-6-19(17)18/h3-13H,14H2,1-2H3/q+1. The summed E-state index contributed by atoms with van der Waals surface area (Å²) in [6, 6.07) is 20.1. The molecule has 1 aliphatic heterocycles. The lowest BCUT2D eigenvalue weighted by molar-refractivity contribution is -0.659.